The Morgan fingerprint density at radius 2 is 1.84 bits per heavy atom. The van der Waals surface area contributed by atoms with E-state index in [1.807, 2.05) is 0 Å². The third-order valence-electron chi connectivity index (χ3n) is 5.01. The van der Waals surface area contributed by atoms with Gasteiger partial charge >= 0.3 is 0 Å². The molecule has 0 unspecified atom stereocenters. The van der Waals surface area contributed by atoms with Crippen LogP contribution in [-0.4, -0.2) is 55.8 Å². The van der Waals surface area contributed by atoms with Gasteiger partial charge in [0.25, 0.3) is 0 Å². The molecule has 0 aliphatic carbocycles. The van der Waals surface area contributed by atoms with Gasteiger partial charge in [-0.1, -0.05) is 30.3 Å². The Hall–Kier alpha value is -2.11. The predicted octanol–water partition coefficient (Wildman–Crippen LogP) is 1.93. The number of fused-ring (bicyclic) bond motifs is 1. The van der Waals surface area contributed by atoms with Crippen LogP contribution in [0, 0.1) is 0 Å². The highest BCUT2D eigenvalue weighted by Gasteiger charge is 2.19. The van der Waals surface area contributed by atoms with E-state index < -0.39 is 0 Å². The van der Waals surface area contributed by atoms with Crippen LogP contribution in [0.2, 0.25) is 0 Å². The van der Waals surface area contributed by atoms with Crippen LogP contribution in [-0.2, 0) is 13.0 Å². The van der Waals surface area contributed by atoms with Gasteiger partial charge in [0.05, 0.1) is 0 Å². The van der Waals surface area contributed by atoms with Crippen LogP contribution in [0.4, 0.5) is 5.82 Å². The van der Waals surface area contributed by atoms with Gasteiger partial charge in [0.15, 0.2) is 0 Å². The molecule has 1 saturated heterocycles. The molecule has 1 fully saturated rings. The van der Waals surface area contributed by atoms with Crippen LogP contribution in [0.25, 0.3) is 0 Å². The standard InChI is InChI=1S/C20H26N4O/c1-2-4-17(5-3-1)8-10-23-11-13-24(14-12-23)19-7-6-18-16-21-9-15-25-20(18)22-19/h1-7,21H,8-16H2. The van der Waals surface area contributed by atoms with Crippen molar-refractivity contribution in [2.45, 2.75) is 13.0 Å². The SMILES string of the molecule is c1ccc(CCN2CCN(c3ccc4c(n3)OCCNC4)CC2)cc1. The van der Waals surface area contributed by atoms with Gasteiger partial charge in [0.2, 0.25) is 5.88 Å². The summed E-state index contributed by atoms with van der Waals surface area (Å²) in [7, 11) is 0. The molecule has 2 aliphatic heterocycles. The zero-order valence-electron chi connectivity index (χ0n) is 14.7. The van der Waals surface area contributed by atoms with Crippen molar-refractivity contribution in [1.82, 2.24) is 15.2 Å². The number of hydrogen-bond donors (Lipinski definition) is 1. The molecule has 0 bridgehead atoms. The van der Waals surface area contributed by atoms with Gasteiger partial charge in [-0.3, -0.25) is 4.90 Å². The maximum atomic E-state index is 5.78. The summed E-state index contributed by atoms with van der Waals surface area (Å²) in [4.78, 5) is 9.69. The van der Waals surface area contributed by atoms with Gasteiger partial charge in [-0.05, 0) is 24.1 Å². The molecule has 1 aromatic carbocycles. The lowest BCUT2D eigenvalue weighted by Crippen LogP contribution is -2.47. The second kappa shape index (κ2) is 7.85. The lowest BCUT2D eigenvalue weighted by molar-refractivity contribution is 0.260. The van der Waals surface area contributed by atoms with Crippen molar-refractivity contribution in [2.75, 3.05) is 50.8 Å². The zero-order chi connectivity index (χ0) is 16.9. The molecule has 0 atom stereocenters. The minimum absolute atomic E-state index is 0.691. The molecule has 0 saturated carbocycles. The van der Waals surface area contributed by atoms with E-state index in [1.54, 1.807) is 0 Å². The largest absolute Gasteiger partial charge is 0.476 e. The second-order valence-electron chi connectivity index (χ2n) is 6.72. The number of rotatable bonds is 4. The van der Waals surface area contributed by atoms with Gasteiger partial charge < -0.3 is 15.0 Å². The van der Waals surface area contributed by atoms with Crippen LogP contribution in [0.5, 0.6) is 5.88 Å². The molecule has 5 nitrogen and oxygen atoms in total. The van der Waals surface area contributed by atoms with Crippen molar-refractivity contribution in [2.24, 2.45) is 0 Å². The first-order valence-corrected chi connectivity index (χ1v) is 9.23. The first-order chi connectivity index (χ1) is 12.4. The van der Waals surface area contributed by atoms with Crippen LogP contribution in [0.15, 0.2) is 42.5 Å². The van der Waals surface area contributed by atoms with Crippen LogP contribution >= 0.6 is 0 Å². The second-order valence-corrected chi connectivity index (χ2v) is 6.72. The fourth-order valence-corrected chi connectivity index (χ4v) is 3.47. The first kappa shape index (κ1) is 16.4. The Bertz CT molecular complexity index is 683. The smallest absolute Gasteiger partial charge is 0.219 e. The molecule has 2 aliphatic rings. The van der Waals surface area contributed by atoms with Crippen LogP contribution in [0.1, 0.15) is 11.1 Å². The summed E-state index contributed by atoms with van der Waals surface area (Å²) < 4.78 is 5.78. The molecule has 3 heterocycles. The van der Waals surface area contributed by atoms with Crippen molar-refractivity contribution in [3.8, 4) is 5.88 Å². The summed E-state index contributed by atoms with van der Waals surface area (Å²) in [6.07, 6.45) is 1.12. The Labute approximate surface area is 149 Å². The van der Waals surface area contributed by atoms with Crippen molar-refractivity contribution in [1.29, 1.82) is 0 Å². The van der Waals surface area contributed by atoms with E-state index >= 15 is 0 Å². The number of pyridine rings is 1. The van der Waals surface area contributed by atoms with E-state index in [9.17, 15) is 0 Å². The molecule has 0 radical (unpaired) electrons. The Morgan fingerprint density at radius 3 is 2.68 bits per heavy atom. The van der Waals surface area contributed by atoms with Crippen molar-refractivity contribution in [3.63, 3.8) is 0 Å². The number of benzene rings is 1. The highest BCUT2D eigenvalue weighted by molar-refractivity contribution is 5.44. The van der Waals surface area contributed by atoms with Crippen molar-refractivity contribution < 1.29 is 4.74 Å². The summed E-state index contributed by atoms with van der Waals surface area (Å²) in [6.45, 7) is 7.78. The molecule has 25 heavy (non-hydrogen) atoms. The van der Waals surface area contributed by atoms with Gasteiger partial charge in [-0.25, -0.2) is 0 Å². The number of piperazine rings is 1. The molecule has 1 aromatic heterocycles. The molecular formula is C20H26N4O. The van der Waals surface area contributed by atoms with E-state index in [0.717, 1.165) is 69.5 Å². The Kier molecular flexibility index (Phi) is 5.14. The maximum Gasteiger partial charge on any atom is 0.219 e. The third kappa shape index (κ3) is 4.11. The minimum atomic E-state index is 0.691. The van der Waals surface area contributed by atoms with E-state index in [0.29, 0.717) is 6.61 Å². The van der Waals surface area contributed by atoms with Crippen molar-refractivity contribution >= 4 is 5.82 Å². The fraction of sp³-hybridized carbons (Fsp3) is 0.450. The number of hydrogen-bond acceptors (Lipinski definition) is 5. The molecule has 132 valence electrons. The third-order valence-corrected chi connectivity index (χ3v) is 5.01. The predicted molar refractivity (Wildman–Crippen MR) is 100 cm³/mol. The summed E-state index contributed by atoms with van der Waals surface area (Å²) in [5, 5.41) is 3.35. The summed E-state index contributed by atoms with van der Waals surface area (Å²) in [5.41, 5.74) is 2.57. The van der Waals surface area contributed by atoms with Gasteiger partial charge in [0, 0.05) is 51.4 Å². The monoisotopic (exact) mass is 338 g/mol. The number of nitrogens with zero attached hydrogens (tertiary/aromatic N) is 3. The Balaban J connectivity index is 1.32. The molecule has 0 amide bonds. The van der Waals surface area contributed by atoms with Gasteiger partial charge in [-0.2, -0.15) is 4.98 Å². The number of aromatic nitrogens is 1. The average molecular weight is 338 g/mol. The highest BCUT2D eigenvalue weighted by atomic mass is 16.5. The minimum Gasteiger partial charge on any atom is -0.476 e. The number of nitrogens with one attached hydrogen (secondary N) is 1. The Morgan fingerprint density at radius 1 is 1.00 bits per heavy atom. The topological polar surface area (TPSA) is 40.6 Å². The summed E-state index contributed by atoms with van der Waals surface area (Å²) in [6, 6.07) is 15.0. The molecule has 4 rings (SSSR count). The fourth-order valence-electron chi connectivity index (χ4n) is 3.47. The first-order valence-electron chi connectivity index (χ1n) is 9.23. The normalized spacial score (nSPS) is 18.3. The van der Waals surface area contributed by atoms with Crippen molar-refractivity contribution in [3.05, 3.63) is 53.6 Å². The van der Waals surface area contributed by atoms with E-state index in [4.69, 9.17) is 9.72 Å². The molecular weight excluding hydrogens is 312 g/mol. The highest BCUT2D eigenvalue weighted by Crippen LogP contribution is 2.23. The summed E-state index contributed by atoms with van der Waals surface area (Å²) >= 11 is 0. The maximum absolute atomic E-state index is 5.78. The number of anilines is 1. The molecule has 0 spiro atoms. The summed E-state index contributed by atoms with van der Waals surface area (Å²) in [5.74, 6) is 1.84. The average Bonchev–Trinajstić information content (AvgIpc) is 2.92. The molecule has 5 heteroatoms. The molecule has 2 aromatic rings. The van der Waals surface area contributed by atoms with E-state index in [2.05, 4.69) is 57.6 Å². The van der Waals surface area contributed by atoms with E-state index in [-0.39, 0.29) is 0 Å². The van der Waals surface area contributed by atoms with Crippen LogP contribution < -0.4 is 15.0 Å². The lowest BCUT2D eigenvalue weighted by Gasteiger charge is -2.35. The van der Waals surface area contributed by atoms with Gasteiger partial charge in [0.1, 0.15) is 12.4 Å². The quantitative estimate of drug-likeness (QED) is 0.922. The lowest BCUT2D eigenvalue weighted by atomic mass is 10.1. The van der Waals surface area contributed by atoms with Crippen LogP contribution in [0.3, 0.4) is 0 Å². The van der Waals surface area contributed by atoms with E-state index in [1.165, 1.54) is 5.56 Å². The van der Waals surface area contributed by atoms with Gasteiger partial charge in [-0.15, -0.1) is 0 Å². The number of ether oxygens (including phenoxy) is 1. The zero-order valence-corrected chi connectivity index (χ0v) is 14.7. The molecule has 1 N–H and O–H groups in total.